The minimum Gasteiger partial charge on any atom is -0.468 e. The predicted octanol–water partition coefficient (Wildman–Crippen LogP) is 4.29. The summed E-state index contributed by atoms with van der Waals surface area (Å²) in [6.45, 7) is 1.79. The minimum atomic E-state index is -4.12. The van der Waals surface area contributed by atoms with Crippen LogP contribution in [0.3, 0.4) is 0 Å². The molecule has 1 amide bonds. The van der Waals surface area contributed by atoms with Crippen LogP contribution in [-0.4, -0.2) is 50.9 Å². The SMILES string of the molecule is COC(=O)CSSCCOC(=O)NS(=O)(=O)c1ccc(-c2noc(C)c2-c2ccccc2)cc1. The summed E-state index contributed by atoms with van der Waals surface area (Å²) in [5.41, 5.74) is 3.00. The molecule has 0 aliphatic rings. The average Bonchev–Trinajstić information content (AvgIpc) is 3.22. The Labute approximate surface area is 205 Å². The highest BCUT2D eigenvalue weighted by Crippen LogP contribution is 2.34. The van der Waals surface area contributed by atoms with Crippen molar-refractivity contribution in [1.29, 1.82) is 0 Å². The number of carbonyl (C=O) groups excluding carboxylic acids is 2. The van der Waals surface area contributed by atoms with Gasteiger partial charge in [-0.1, -0.05) is 69.2 Å². The molecule has 34 heavy (non-hydrogen) atoms. The maximum absolute atomic E-state index is 12.5. The van der Waals surface area contributed by atoms with Crippen LogP contribution in [0.25, 0.3) is 22.4 Å². The molecule has 0 saturated carbocycles. The van der Waals surface area contributed by atoms with E-state index in [1.165, 1.54) is 40.8 Å². The second kappa shape index (κ2) is 12.0. The first-order valence-electron chi connectivity index (χ1n) is 9.94. The van der Waals surface area contributed by atoms with Gasteiger partial charge in [0.15, 0.2) is 0 Å². The Morgan fingerprint density at radius 1 is 1.03 bits per heavy atom. The highest BCUT2D eigenvalue weighted by molar-refractivity contribution is 8.76. The first-order valence-corrected chi connectivity index (χ1v) is 13.9. The van der Waals surface area contributed by atoms with E-state index in [1.807, 2.05) is 42.0 Å². The smallest absolute Gasteiger partial charge is 0.421 e. The number of carbonyl (C=O) groups is 2. The van der Waals surface area contributed by atoms with Crippen molar-refractivity contribution in [2.45, 2.75) is 11.8 Å². The Morgan fingerprint density at radius 3 is 2.41 bits per heavy atom. The van der Waals surface area contributed by atoms with Gasteiger partial charge >= 0.3 is 12.1 Å². The molecule has 3 rings (SSSR count). The number of methoxy groups -OCH3 is 1. The molecule has 12 heteroatoms. The fourth-order valence-electron chi connectivity index (χ4n) is 2.88. The first-order chi connectivity index (χ1) is 16.3. The van der Waals surface area contributed by atoms with Crippen LogP contribution in [0.2, 0.25) is 0 Å². The zero-order chi connectivity index (χ0) is 24.6. The average molecular weight is 523 g/mol. The van der Waals surface area contributed by atoms with Crippen LogP contribution >= 0.6 is 21.6 Å². The van der Waals surface area contributed by atoms with E-state index in [0.29, 0.717) is 22.8 Å². The first kappa shape index (κ1) is 25.7. The summed E-state index contributed by atoms with van der Waals surface area (Å²) in [7, 11) is -0.271. The van der Waals surface area contributed by atoms with Crippen molar-refractivity contribution in [2.24, 2.45) is 0 Å². The summed E-state index contributed by atoms with van der Waals surface area (Å²) in [5, 5.41) is 4.13. The van der Waals surface area contributed by atoms with Crippen molar-refractivity contribution in [3.63, 3.8) is 0 Å². The maximum Gasteiger partial charge on any atom is 0.421 e. The molecule has 0 fully saturated rings. The van der Waals surface area contributed by atoms with Crippen molar-refractivity contribution in [2.75, 3.05) is 25.2 Å². The summed E-state index contributed by atoms with van der Waals surface area (Å²) in [5.74, 6) is 0.829. The number of nitrogens with zero attached hydrogens (tertiary/aromatic N) is 1. The van der Waals surface area contributed by atoms with Crippen LogP contribution in [-0.2, 0) is 24.3 Å². The second-order valence-corrected chi connectivity index (χ2v) is 11.0. The van der Waals surface area contributed by atoms with Gasteiger partial charge in [-0.25, -0.2) is 17.9 Å². The number of benzene rings is 2. The van der Waals surface area contributed by atoms with Gasteiger partial charge < -0.3 is 14.0 Å². The van der Waals surface area contributed by atoms with Gasteiger partial charge in [-0.15, -0.1) is 0 Å². The molecule has 0 atom stereocenters. The lowest BCUT2D eigenvalue weighted by Crippen LogP contribution is -2.31. The van der Waals surface area contributed by atoms with Crippen molar-refractivity contribution in [3.05, 3.63) is 60.4 Å². The molecule has 1 aromatic heterocycles. The Morgan fingerprint density at radius 2 is 1.74 bits per heavy atom. The summed E-state index contributed by atoms with van der Waals surface area (Å²) in [6, 6.07) is 15.6. The van der Waals surface area contributed by atoms with Crippen LogP contribution < -0.4 is 4.72 Å². The van der Waals surface area contributed by atoms with E-state index in [-0.39, 0.29) is 23.2 Å². The molecule has 0 unspecified atom stereocenters. The normalized spacial score (nSPS) is 11.1. The number of amides is 1. The zero-order valence-corrected chi connectivity index (χ0v) is 20.8. The molecule has 0 bridgehead atoms. The Bertz CT molecular complexity index is 1230. The van der Waals surface area contributed by atoms with Crippen LogP contribution in [0.5, 0.6) is 0 Å². The zero-order valence-electron chi connectivity index (χ0n) is 18.3. The van der Waals surface area contributed by atoms with Crippen molar-refractivity contribution < 1.29 is 32.0 Å². The fourth-order valence-corrected chi connectivity index (χ4v) is 5.43. The van der Waals surface area contributed by atoms with Gasteiger partial charge in [-0.2, -0.15) is 0 Å². The highest BCUT2D eigenvalue weighted by Gasteiger charge is 2.20. The molecule has 2 aromatic carbocycles. The maximum atomic E-state index is 12.5. The molecule has 1 N–H and O–H groups in total. The van der Waals surface area contributed by atoms with E-state index in [4.69, 9.17) is 9.26 Å². The van der Waals surface area contributed by atoms with E-state index in [1.54, 1.807) is 12.1 Å². The van der Waals surface area contributed by atoms with Crippen molar-refractivity contribution in [3.8, 4) is 22.4 Å². The standard InChI is InChI=1S/C22H22N2O7S3/c1-15-20(16-6-4-3-5-7-16)21(23-31-15)17-8-10-18(11-9-17)34(27,28)24-22(26)30-12-13-32-33-14-19(25)29-2/h3-11H,12-14H2,1-2H3,(H,24,26). The molecule has 180 valence electrons. The van der Waals surface area contributed by atoms with E-state index in [2.05, 4.69) is 9.89 Å². The molecule has 9 nitrogen and oxygen atoms in total. The molecule has 0 radical (unpaired) electrons. The number of aryl methyl sites for hydroxylation is 1. The number of hydrogen-bond donors (Lipinski definition) is 1. The van der Waals surface area contributed by atoms with Crippen LogP contribution in [0.15, 0.2) is 64.0 Å². The topological polar surface area (TPSA) is 125 Å². The third kappa shape index (κ3) is 6.78. The summed E-state index contributed by atoms with van der Waals surface area (Å²) in [4.78, 5) is 22.8. The lowest BCUT2D eigenvalue weighted by Gasteiger charge is -2.09. The van der Waals surface area contributed by atoms with Crippen LogP contribution in [0.1, 0.15) is 5.76 Å². The Balaban J connectivity index is 1.59. The molecule has 0 saturated heterocycles. The molecule has 0 aliphatic heterocycles. The van der Waals surface area contributed by atoms with Crippen molar-refractivity contribution in [1.82, 2.24) is 9.88 Å². The van der Waals surface area contributed by atoms with Gasteiger partial charge in [0.1, 0.15) is 23.8 Å². The summed E-state index contributed by atoms with van der Waals surface area (Å²) >= 11 is 0. The number of esters is 1. The molecule has 0 aliphatic carbocycles. The second-order valence-electron chi connectivity index (χ2n) is 6.75. The van der Waals surface area contributed by atoms with E-state index < -0.39 is 16.1 Å². The number of hydrogen-bond acceptors (Lipinski definition) is 10. The van der Waals surface area contributed by atoms with Crippen LogP contribution in [0, 0.1) is 6.92 Å². The van der Waals surface area contributed by atoms with E-state index in [9.17, 15) is 18.0 Å². The van der Waals surface area contributed by atoms with E-state index in [0.717, 1.165) is 11.1 Å². The van der Waals surface area contributed by atoms with Gasteiger partial charge in [0.05, 0.1) is 17.6 Å². The van der Waals surface area contributed by atoms with Gasteiger partial charge in [0, 0.05) is 11.3 Å². The van der Waals surface area contributed by atoms with E-state index >= 15 is 0 Å². The third-order valence-corrected chi connectivity index (χ3v) is 8.00. The largest absolute Gasteiger partial charge is 0.468 e. The summed E-state index contributed by atoms with van der Waals surface area (Å²) in [6.07, 6.45) is -1.08. The number of nitrogens with one attached hydrogen (secondary N) is 1. The molecular weight excluding hydrogens is 500 g/mol. The van der Waals surface area contributed by atoms with Crippen LogP contribution in [0.4, 0.5) is 4.79 Å². The molecule has 3 aromatic rings. The van der Waals surface area contributed by atoms with Gasteiger partial charge in [-0.3, -0.25) is 4.79 Å². The number of ether oxygens (including phenoxy) is 2. The lowest BCUT2D eigenvalue weighted by atomic mass is 10.00. The molecule has 0 spiro atoms. The Kier molecular flexibility index (Phi) is 9.02. The Hall–Kier alpha value is -2.96. The van der Waals surface area contributed by atoms with Crippen molar-refractivity contribution >= 4 is 43.7 Å². The number of aromatic nitrogens is 1. The highest BCUT2D eigenvalue weighted by atomic mass is 33.1. The predicted molar refractivity (Wildman–Crippen MR) is 131 cm³/mol. The van der Waals surface area contributed by atoms with Gasteiger partial charge in [-0.05, 0) is 24.6 Å². The van der Waals surface area contributed by atoms with Gasteiger partial charge in [0.25, 0.3) is 10.0 Å². The molecule has 1 heterocycles. The third-order valence-electron chi connectivity index (χ3n) is 4.47. The number of sulfonamides is 1. The fraction of sp³-hybridized carbons (Fsp3) is 0.227. The number of rotatable bonds is 10. The quantitative estimate of drug-likeness (QED) is 0.234. The lowest BCUT2D eigenvalue weighted by molar-refractivity contribution is -0.137. The monoisotopic (exact) mass is 522 g/mol. The van der Waals surface area contributed by atoms with Gasteiger partial charge in [0.2, 0.25) is 0 Å². The molecular formula is C22H22N2O7S3. The summed E-state index contributed by atoms with van der Waals surface area (Å²) < 4.78 is 41.7. The minimum absolute atomic E-state index is 0.0209.